The van der Waals surface area contributed by atoms with Crippen LogP contribution in [0.4, 0.5) is 21.9 Å². The summed E-state index contributed by atoms with van der Waals surface area (Å²) in [7, 11) is 0. The van der Waals surface area contributed by atoms with E-state index in [2.05, 4.69) is 20.9 Å². The summed E-state index contributed by atoms with van der Waals surface area (Å²) in [5.74, 6) is 1.24. The quantitative estimate of drug-likeness (QED) is 0.231. The summed E-state index contributed by atoms with van der Waals surface area (Å²) in [4.78, 5) is 46.0. The summed E-state index contributed by atoms with van der Waals surface area (Å²) in [6.07, 6.45) is 5.35. The second-order valence-corrected chi connectivity index (χ2v) is 11.4. The molecule has 0 radical (unpaired) electrons. The Balaban J connectivity index is 1.23. The fourth-order valence-corrected chi connectivity index (χ4v) is 6.54. The van der Waals surface area contributed by atoms with Crippen molar-refractivity contribution in [3.8, 4) is 11.5 Å². The SMILES string of the molecule is CCC(=O)NC1CCC(NC(=O)c2sc3nccc4c3c2NC(=O)N4c2ccc(Oc3ccccc3)cc2C)CC1. The van der Waals surface area contributed by atoms with E-state index < -0.39 is 0 Å². The van der Waals surface area contributed by atoms with Gasteiger partial charge < -0.3 is 20.7 Å². The molecule has 0 unspecified atom stereocenters. The number of anilines is 3. The number of urea groups is 1. The number of benzene rings is 2. The molecule has 1 saturated carbocycles. The molecular weight excluding hydrogens is 538 g/mol. The van der Waals surface area contributed by atoms with E-state index >= 15 is 0 Å². The van der Waals surface area contributed by atoms with Gasteiger partial charge in [-0.25, -0.2) is 9.78 Å². The molecule has 41 heavy (non-hydrogen) atoms. The number of carbonyl (C=O) groups is 3. The minimum absolute atomic E-state index is 0.0113. The van der Waals surface area contributed by atoms with Crippen molar-refractivity contribution in [2.24, 2.45) is 0 Å². The van der Waals surface area contributed by atoms with Crippen LogP contribution in [0.1, 0.15) is 54.3 Å². The summed E-state index contributed by atoms with van der Waals surface area (Å²) in [6.45, 7) is 3.78. The van der Waals surface area contributed by atoms with Crippen LogP contribution in [0.5, 0.6) is 11.5 Å². The first-order valence-corrected chi connectivity index (χ1v) is 14.7. The normalized spacial score (nSPS) is 18.1. The fourth-order valence-electron chi connectivity index (χ4n) is 5.51. The van der Waals surface area contributed by atoms with Crippen molar-refractivity contribution in [1.82, 2.24) is 15.6 Å². The number of pyridine rings is 1. The highest BCUT2D eigenvalue weighted by atomic mass is 32.1. The third kappa shape index (κ3) is 5.35. The maximum atomic E-state index is 13.5. The zero-order valence-corrected chi connectivity index (χ0v) is 23.7. The molecule has 4 amide bonds. The van der Waals surface area contributed by atoms with Crippen molar-refractivity contribution in [2.45, 2.75) is 58.0 Å². The highest BCUT2D eigenvalue weighted by Gasteiger charge is 2.34. The van der Waals surface area contributed by atoms with E-state index in [1.54, 1.807) is 17.2 Å². The van der Waals surface area contributed by atoms with Crippen LogP contribution in [0.2, 0.25) is 0 Å². The Hall–Kier alpha value is -4.44. The van der Waals surface area contributed by atoms with Gasteiger partial charge in [-0.1, -0.05) is 25.1 Å². The van der Waals surface area contributed by atoms with Gasteiger partial charge in [-0.3, -0.25) is 14.5 Å². The zero-order valence-electron chi connectivity index (χ0n) is 22.9. The Morgan fingerprint density at radius 1 is 1.00 bits per heavy atom. The van der Waals surface area contributed by atoms with E-state index in [1.165, 1.54) is 11.3 Å². The molecule has 210 valence electrons. The van der Waals surface area contributed by atoms with E-state index in [4.69, 9.17) is 4.74 Å². The third-order valence-electron chi connectivity index (χ3n) is 7.59. The molecule has 4 aromatic rings. The Bertz CT molecular complexity index is 1630. The van der Waals surface area contributed by atoms with Crippen molar-refractivity contribution in [2.75, 3.05) is 10.2 Å². The van der Waals surface area contributed by atoms with E-state index in [9.17, 15) is 14.4 Å². The zero-order chi connectivity index (χ0) is 28.5. The average molecular weight is 570 g/mol. The molecule has 2 aliphatic rings. The van der Waals surface area contributed by atoms with Gasteiger partial charge in [0.05, 0.1) is 22.4 Å². The van der Waals surface area contributed by atoms with Gasteiger partial charge in [-0.15, -0.1) is 11.3 Å². The molecule has 1 fully saturated rings. The topological polar surface area (TPSA) is 113 Å². The lowest BCUT2D eigenvalue weighted by Gasteiger charge is -2.30. The van der Waals surface area contributed by atoms with Crippen LogP contribution < -0.4 is 25.6 Å². The summed E-state index contributed by atoms with van der Waals surface area (Å²) in [6, 6.07) is 16.8. The molecule has 2 aromatic heterocycles. The molecule has 0 spiro atoms. The Morgan fingerprint density at radius 2 is 1.73 bits per heavy atom. The molecule has 2 aromatic carbocycles. The smallest absolute Gasteiger partial charge is 0.331 e. The summed E-state index contributed by atoms with van der Waals surface area (Å²) >= 11 is 1.28. The number of amides is 4. The van der Waals surface area contributed by atoms with Crippen LogP contribution in [0.25, 0.3) is 10.2 Å². The molecule has 10 heteroatoms. The molecular formula is C31H31N5O4S. The first kappa shape index (κ1) is 26.8. The van der Waals surface area contributed by atoms with Crippen LogP contribution >= 0.6 is 11.3 Å². The number of nitrogens with one attached hydrogen (secondary N) is 3. The molecule has 9 nitrogen and oxygen atoms in total. The van der Waals surface area contributed by atoms with Crippen LogP contribution in [-0.4, -0.2) is 34.9 Å². The lowest BCUT2D eigenvalue weighted by atomic mass is 9.91. The largest absolute Gasteiger partial charge is 0.457 e. The lowest BCUT2D eigenvalue weighted by Crippen LogP contribution is -2.43. The van der Waals surface area contributed by atoms with E-state index in [-0.39, 0.29) is 29.9 Å². The number of hydrogen-bond acceptors (Lipinski definition) is 6. The number of rotatable bonds is 7. The second-order valence-electron chi connectivity index (χ2n) is 10.4. The first-order valence-electron chi connectivity index (χ1n) is 13.9. The Labute approximate surface area is 241 Å². The second kappa shape index (κ2) is 11.2. The predicted octanol–water partition coefficient (Wildman–Crippen LogP) is 6.65. The molecule has 0 saturated heterocycles. The number of ether oxygens (including phenoxy) is 1. The molecule has 1 aliphatic heterocycles. The fraction of sp³-hybridized carbons (Fsp3) is 0.290. The number of para-hydroxylation sites is 1. The maximum absolute atomic E-state index is 13.5. The van der Waals surface area contributed by atoms with E-state index in [0.29, 0.717) is 38.9 Å². The van der Waals surface area contributed by atoms with Gasteiger partial charge in [0.2, 0.25) is 5.91 Å². The molecule has 1 aliphatic carbocycles. The highest BCUT2D eigenvalue weighted by Crippen LogP contribution is 2.46. The van der Waals surface area contributed by atoms with Crippen molar-refractivity contribution in [3.63, 3.8) is 0 Å². The molecule has 3 heterocycles. The average Bonchev–Trinajstić information content (AvgIpc) is 3.35. The van der Waals surface area contributed by atoms with Gasteiger partial charge in [0.25, 0.3) is 5.91 Å². The summed E-state index contributed by atoms with van der Waals surface area (Å²) in [5, 5.41) is 9.92. The first-order chi connectivity index (χ1) is 19.9. The molecule has 0 atom stereocenters. The monoisotopic (exact) mass is 569 g/mol. The minimum atomic E-state index is -0.343. The van der Waals surface area contributed by atoms with Gasteiger partial charge in [-0.05, 0) is 74.6 Å². The summed E-state index contributed by atoms with van der Waals surface area (Å²) < 4.78 is 5.97. The number of hydrogen-bond donors (Lipinski definition) is 3. The molecule has 6 rings (SSSR count). The van der Waals surface area contributed by atoms with Gasteiger partial charge in [0, 0.05) is 24.7 Å². The van der Waals surface area contributed by atoms with Crippen molar-refractivity contribution in [3.05, 3.63) is 71.2 Å². The van der Waals surface area contributed by atoms with Gasteiger partial charge in [0.1, 0.15) is 21.2 Å². The Morgan fingerprint density at radius 3 is 2.44 bits per heavy atom. The third-order valence-corrected chi connectivity index (χ3v) is 8.69. The van der Waals surface area contributed by atoms with Crippen molar-refractivity contribution in [1.29, 1.82) is 0 Å². The standard InChI is InChI=1S/C31H31N5O4S/c1-3-25(37)33-19-9-11-20(12-10-19)34-29(38)28-27-26-24(15-16-32-30(26)41-28)36(31(39)35-27)23-14-13-22(17-18(23)2)40-21-7-5-4-6-8-21/h4-8,13-17,19-20H,3,9-12H2,1-2H3,(H,33,37)(H,34,38)(H,35,39). The number of thiophene rings is 1. The van der Waals surface area contributed by atoms with Crippen molar-refractivity contribution >= 4 is 56.5 Å². The number of aromatic nitrogens is 1. The summed E-state index contributed by atoms with van der Waals surface area (Å²) in [5.41, 5.74) is 2.75. The van der Waals surface area contributed by atoms with Crippen molar-refractivity contribution < 1.29 is 19.1 Å². The van der Waals surface area contributed by atoms with Gasteiger partial charge in [0.15, 0.2) is 0 Å². The lowest BCUT2D eigenvalue weighted by molar-refractivity contribution is -0.121. The minimum Gasteiger partial charge on any atom is -0.457 e. The molecule has 0 bridgehead atoms. The number of nitrogens with zero attached hydrogens (tertiary/aromatic N) is 2. The van der Waals surface area contributed by atoms with E-state index in [1.807, 2.05) is 62.4 Å². The van der Waals surface area contributed by atoms with E-state index in [0.717, 1.165) is 42.4 Å². The van der Waals surface area contributed by atoms with Crippen LogP contribution in [0.15, 0.2) is 60.8 Å². The van der Waals surface area contributed by atoms with Gasteiger partial charge in [-0.2, -0.15) is 0 Å². The van der Waals surface area contributed by atoms with Gasteiger partial charge >= 0.3 is 6.03 Å². The molecule has 3 N–H and O–H groups in total. The van der Waals surface area contributed by atoms with Crippen LogP contribution in [0, 0.1) is 6.92 Å². The van der Waals surface area contributed by atoms with Crippen LogP contribution in [-0.2, 0) is 4.79 Å². The van der Waals surface area contributed by atoms with Crippen LogP contribution in [0.3, 0.4) is 0 Å². The maximum Gasteiger partial charge on any atom is 0.331 e. The highest BCUT2D eigenvalue weighted by molar-refractivity contribution is 7.21. The predicted molar refractivity (Wildman–Crippen MR) is 160 cm³/mol. The number of carbonyl (C=O) groups excluding carboxylic acids is 3. The number of aryl methyl sites for hydroxylation is 1. The Kier molecular flexibility index (Phi) is 7.32.